The Morgan fingerprint density at radius 2 is 1.57 bits per heavy atom. The quantitative estimate of drug-likeness (QED) is 0.671. The lowest BCUT2D eigenvalue weighted by atomic mass is 10.1. The first-order chi connectivity index (χ1) is 13.4. The summed E-state index contributed by atoms with van der Waals surface area (Å²) in [6.07, 6.45) is 1.72. The van der Waals surface area contributed by atoms with E-state index in [9.17, 15) is 4.79 Å². The zero-order valence-electron chi connectivity index (χ0n) is 15.2. The van der Waals surface area contributed by atoms with Crippen LogP contribution in [0.25, 0.3) is 6.08 Å². The summed E-state index contributed by atoms with van der Waals surface area (Å²) < 4.78 is 16.0. The average molecular weight is 439 g/mol. The minimum absolute atomic E-state index is 0.259. The first-order valence-electron chi connectivity index (χ1n) is 7.99. The van der Waals surface area contributed by atoms with E-state index in [1.807, 2.05) is 0 Å². The molecule has 0 atom stereocenters. The molecular formula is C19H16Cl2N2O4S. The Kier molecular flexibility index (Phi) is 6.39. The fourth-order valence-corrected chi connectivity index (χ4v) is 3.89. The molecule has 1 fully saturated rings. The standard InChI is InChI=1S/C19H16Cl2N2O4S/c1-25-14-4-10(5-15(26-2)17(14)27-3)6-16-18(24)23-19(28-16)22-13-8-11(20)7-12(21)9-13/h4-9H,1-3H3,(H,22,23,24)/b16-6+. The van der Waals surface area contributed by atoms with Crippen LogP contribution >= 0.6 is 35.0 Å². The minimum Gasteiger partial charge on any atom is -0.493 e. The van der Waals surface area contributed by atoms with E-state index in [0.717, 1.165) is 5.56 Å². The van der Waals surface area contributed by atoms with E-state index in [4.69, 9.17) is 37.4 Å². The van der Waals surface area contributed by atoms with Gasteiger partial charge in [-0.05, 0) is 53.7 Å². The molecule has 0 radical (unpaired) electrons. The Morgan fingerprint density at radius 3 is 2.11 bits per heavy atom. The lowest BCUT2D eigenvalue weighted by Crippen LogP contribution is -2.19. The SMILES string of the molecule is COc1cc(/C=C2/SC(=Nc3cc(Cl)cc(Cl)c3)NC2=O)cc(OC)c1OC. The van der Waals surface area contributed by atoms with Crippen LogP contribution in [0, 0.1) is 0 Å². The summed E-state index contributed by atoms with van der Waals surface area (Å²) in [4.78, 5) is 17.2. The maximum Gasteiger partial charge on any atom is 0.264 e. The van der Waals surface area contributed by atoms with Gasteiger partial charge in [0.1, 0.15) is 0 Å². The second-order valence-electron chi connectivity index (χ2n) is 5.57. The molecule has 3 rings (SSSR count). The summed E-state index contributed by atoms with van der Waals surface area (Å²) in [5.74, 6) is 1.22. The number of rotatable bonds is 5. The molecule has 2 aromatic rings. The molecule has 0 aliphatic carbocycles. The fraction of sp³-hybridized carbons (Fsp3) is 0.158. The number of hydrogen-bond acceptors (Lipinski definition) is 6. The van der Waals surface area contributed by atoms with Gasteiger partial charge in [-0.15, -0.1) is 0 Å². The largest absolute Gasteiger partial charge is 0.493 e. The summed E-state index contributed by atoms with van der Waals surface area (Å²) in [5.41, 5.74) is 1.27. The van der Waals surface area contributed by atoms with Crippen molar-refractivity contribution in [2.75, 3.05) is 21.3 Å². The summed E-state index contributed by atoms with van der Waals surface area (Å²) in [7, 11) is 4.60. The van der Waals surface area contributed by atoms with Crippen LogP contribution in [-0.2, 0) is 4.79 Å². The van der Waals surface area contributed by atoms with Crippen LogP contribution in [0.5, 0.6) is 17.2 Å². The molecule has 6 nitrogen and oxygen atoms in total. The van der Waals surface area contributed by atoms with Crippen molar-refractivity contribution in [2.45, 2.75) is 0 Å². The molecule has 1 aliphatic rings. The third kappa shape index (κ3) is 4.55. The number of nitrogens with one attached hydrogen (secondary N) is 1. The second kappa shape index (κ2) is 8.77. The second-order valence-corrected chi connectivity index (χ2v) is 7.47. The van der Waals surface area contributed by atoms with E-state index in [1.165, 1.54) is 33.1 Å². The molecule has 0 spiro atoms. The van der Waals surface area contributed by atoms with Gasteiger partial charge < -0.3 is 19.5 Å². The predicted octanol–water partition coefficient (Wildman–Crippen LogP) is 4.91. The number of amides is 1. The Balaban J connectivity index is 1.91. The number of carbonyl (C=O) groups is 1. The van der Waals surface area contributed by atoms with Gasteiger partial charge in [0.05, 0.1) is 31.9 Å². The van der Waals surface area contributed by atoms with Crippen LogP contribution in [0.15, 0.2) is 40.2 Å². The molecule has 0 unspecified atom stereocenters. The number of halogens is 2. The molecule has 1 aliphatic heterocycles. The molecule has 1 saturated heterocycles. The van der Waals surface area contributed by atoms with Crippen molar-refractivity contribution in [1.29, 1.82) is 0 Å². The molecule has 1 heterocycles. The number of nitrogens with zero attached hydrogens (tertiary/aromatic N) is 1. The van der Waals surface area contributed by atoms with E-state index < -0.39 is 0 Å². The number of thioether (sulfide) groups is 1. The highest BCUT2D eigenvalue weighted by atomic mass is 35.5. The van der Waals surface area contributed by atoms with Crippen molar-refractivity contribution in [1.82, 2.24) is 5.32 Å². The maximum atomic E-state index is 12.3. The van der Waals surface area contributed by atoms with Crippen molar-refractivity contribution < 1.29 is 19.0 Å². The van der Waals surface area contributed by atoms with Gasteiger partial charge in [-0.3, -0.25) is 4.79 Å². The number of benzene rings is 2. The van der Waals surface area contributed by atoms with E-state index in [-0.39, 0.29) is 5.91 Å². The van der Waals surface area contributed by atoms with E-state index >= 15 is 0 Å². The van der Waals surface area contributed by atoms with Crippen LogP contribution in [-0.4, -0.2) is 32.4 Å². The number of hydrogen-bond donors (Lipinski definition) is 1. The number of methoxy groups -OCH3 is 3. The highest BCUT2D eigenvalue weighted by molar-refractivity contribution is 8.18. The number of ether oxygens (including phenoxy) is 3. The molecule has 1 N–H and O–H groups in total. The molecule has 0 bridgehead atoms. The van der Waals surface area contributed by atoms with Crippen LogP contribution < -0.4 is 19.5 Å². The molecule has 146 valence electrons. The van der Waals surface area contributed by atoms with Crippen molar-refractivity contribution in [3.8, 4) is 17.2 Å². The first-order valence-corrected chi connectivity index (χ1v) is 9.56. The molecule has 2 aromatic carbocycles. The number of carbonyl (C=O) groups excluding carboxylic acids is 1. The summed E-state index contributed by atoms with van der Waals surface area (Å²) >= 11 is 13.2. The Bertz CT molecular complexity index is 947. The zero-order valence-corrected chi connectivity index (χ0v) is 17.5. The normalized spacial score (nSPS) is 16.4. The van der Waals surface area contributed by atoms with Gasteiger partial charge in [0.2, 0.25) is 5.75 Å². The Hall–Kier alpha value is -2.35. The maximum absolute atomic E-state index is 12.3. The van der Waals surface area contributed by atoms with Gasteiger partial charge in [0.25, 0.3) is 5.91 Å². The summed E-state index contributed by atoms with van der Waals surface area (Å²) in [5, 5.41) is 4.09. The van der Waals surface area contributed by atoms with Crippen LogP contribution in [0.3, 0.4) is 0 Å². The zero-order chi connectivity index (χ0) is 20.3. The van der Waals surface area contributed by atoms with E-state index in [2.05, 4.69) is 10.3 Å². The number of amidine groups is 1. The minimum atomic E-state index is -0.259. The lowest BCUT2D eigenvalue weighted by Gasteiger charge is -2.12. The third-order valence-corrected chi connectivity index (χ3v) is 5.06. The highest BCUT2D eigenvalue weighted by Gasteiger charge is 2.24. The lowest BCUT2D eigenvalue weighted by molar-refractivity contribution is -0.115. The predicted molar refractivity (Wildman–Crippen MR) is 113 cm³/mol. The van der Waals surface area contributed by atoms with Crippen molar-refractivity contribution in [3.05, 3.63) is 50.8 Å². The van der Waals surface area contributed by atoms with E-state index in [0.29, 0.717) is 43.1 Å². The molecule has 1 amide bonds. The Morgan fingerprint density at radius 1 is 0.964 bits per heavy atom. The van der Waals surface area contributed by atoms with Crippen molar-refractivity contribution in [3.63, 3.8) is 0 Å². The summed E-state index contributed by atoms with van der Waals surface area (Å²) in [6.45, 7) is 0. The third-order valence-electron chi connectivity index (χ3n) is 3.71. The average Bonchev–Trinajstić information content (AvgIpc) is 2.98. The van der Waals surface area contributed by atoms with Gasteiger partial charge in [0, 0.05) is 10.0 Å². The molecule has 0 aromatic heterocycles. The highest BCUT2D eigenvalue weighted by Crippen LogP contribution is 2.39. The van der Waals surface area contributed by atoms with Crippen LogP contribution in [0.4, 0.5) is 5.69 Å². The van der Waals surface area contributed by atoms with Crippen LogP contribution in [0.2, 0.25) is 10.0 Å². The van der Waals surface area contributed by atoms with Crippen LogP contribution in [0.1, 0.15) is 5.56 Å². The van der Waals surface area contributed by atoms with Crippen molar-refractivity contribution in [2.24, 2.45) is 4.99 Å². The summed E-state index contributed by atoms with van der Waals surface area (Å²) in [6, 6.07) is 8.45. The number of aliphatic imine (C=N–C) groups is 1. The van der Waals surface area contributed by atoms with Gasteiger partial charge in [-0.25, -0.2) is 4.99 Å². The van der Waals surface area contributed by atoms with Crippen molar-refractivity contribution >= 4 is 57.8 Å². The smallest absolute Gasteiger partial charge is 0.264 e. The van der Waals surface area contributed by atoms with Gasteiger partial charge >= 0.3 is 0 Å². The van der Waals surface area contributed by atoms with Gasteiger partial charge in [-0.1, -0.05) is 23.2 Å². The monoisotopic (exact) mass is 438 g/mol. The molecule has 9 heteroatoms. The topological polar surface area (TPSA) is 69.2 Å². The van der Waals surface area contributed by atoms with Gasteiger partial charge in [-0.2, -0.15) is 0 Å². The first kappa shape index (κ1) is 20.4. The molecular weight excluding hydrogens is 423 g/mol. The molecule has 28 heavy (non-hydrogen) atoms. The fourth-order valence-electron chi connectivity index (χ4n) is 2.54. The van der Waals surface area contributed by atoms with Gasteiger partial charge in [0.15, 0.2) is 16.7 Å². The molecule has 0 saturated carbocycles. The Labute approximate surface area is 176 Å². The van der Waals surface area contributed by atoms with E-state index in [1.54, 1.807) is 36.4 Å².